The molecule has 1 aliphatic carbocycles. The molecule has 6 nitrogen and oxygen atoms in total. The van der Waals surface area contributed by atoms with Crippen molar-refractivity contribution in [3.05, 3.63) is 48.5 Å². The van der Waals surface area contributed by atoms with Crippen molar-refractivity contribution < 1.29 is 15.0 Å². The number of carbonyl (C=O) groups is 1. The van der Waals surface area contributed by atoms with E-state index in [0.29, 0.717) is 19.3 Å². The molecule has 23 heavy (non-hydrogen) atoms. The van der Waals surface area contributed by atoms with Crippen LogP contribution < -0.4 is 0 Å². The molecule has 1 aromatic heterocycles. The van der Waals surface area contributed by atoms with Gasteiger partial charge in [-0.1, -0.05) is 30.3 Å². The molecule has 0 saturated heterocycles. The van der Waals surface area contributed by atoms with Crippen LogP contribution in [0.4, 0.5) is 0 Å². The number of rotatable bonds is 5. The minimum atomic E-state index is -1.37. The van der Waals surface area contributed by atoms with E-state index < -0.39 is 17.0 Å². The van der Waals surface area contributed by atoms with Gasteiger partial charge in [-0.2, -0.15) is 5.10 Å². The number of aliphatic carboxylic acids is 1. The zero-order valence-electron chi connectivity index (χ0n) is 13.1. The Morgan fingerprint density at radius 3 is 2.74 bits per heavy atom. The maximum atomic E-state index is 11.9. The second kappa shape index (κ2) is 5.77. The molecule has 3 rings (SSSR count). The van der Waals surface area contributed by atoms with Crippen molar-refractivity contribution in [2.75, 3.05) is 0 Å². The van der Waals surface area contributed by atoms with E-state index in [2.05, 4.69) is 10.1 Å². The first-order chi connectivity index (χ1) is 11.0. The van der Waals surface area contributed by atoms with Gasteiger partial charge in [-0.05, 0) is 37.7 Å². The highest BCUT2D eigenvalue weighted by atomic mass is 16.4. The molecule has 1 fully saturated rings. The Morgan fingerprint density at radius 2 is 2.13 bits per heavy atom. The second-order valence-electron chi connectivity index (χ2n) is 6.58. The van der Waals surface area contributed by atoms with Crippen molar-refractivity contribution in [1.29, 1.82) is 0 Å². The smallest absolute Gasteiger partial charge is 0.312 e. The van der Waals surface area contributed by atoms with Crippen molar-refractivity contribution in [1.82, 2.24) is 14.8 Å². The molecular weight excluding hydrogens is 294 g/mol. The fourth-order valence-electron chi connectivity index (χ4n) is 3.70. The molecule has 0 aliphatic heterocycles. The SMILES string of the molecule is C[C@]1(C(=O)O)CC[C@@H](Cc2ccccc2)[C@]1(O)Cn1cncn1. The summed E-state index contributed by atoms with van der Waals surface area (Å²) in [6.45, 7) is 1.77. The standard InChI is InChI=1S/C17H21N3O3/c1-16(15(21)22)8-7-14(9-13-5-3-2-4-6-13)17(16,23)10-20-12-18-11-19-20/h2-6,11-12,14,23H,7-10H2,1H3,(H,21,22)/t14-,16+,17+/m0/s1. The Kier molecular flexibility index (Phi) is 3.93. The van der Waals surface area contributed by atoms with Crippen molar-refractivity contribution in [2.45, 2.75) is 38.3 Å². The quantitative estimate of drug-likeness (QED) is 0.877. The van der Waals surface area contributed by atoms with Gasteiger partial charge in [0.2, 0.25) is 0 Å². The van der Waals surface area contributed by atoms with Gasteiger partial charge in [0.25, 0.3) is 0 Å². The maximum absolute atomic E-state index is 11.9. The molecule has 0 unspecified atom stereocenters. The van der Waals surface area contributed by atoms with Gasteiger partial charge in [-0.15, -0.1) is 0 Å². The van der Waals surface area contributed by atoms with Crippen LogP contribution in [0.25, 0.3) is 0 Å². The van der Waals surface area contributed by atoms with E-state index in [4.69, 9.17) is 0 Å². The lowest BCUT2D eigenvalue weighted by molar-refractivity contribution is -0.169. The van der Waals surface area contributed by atoms with E-state index in [0.717, 1.165) is 5.56 Å². The van der Waals surface area contributed by atoms with Gasteiger partial charge >= 0.3 is 5.97 Å². The van der Waals surface area contributed by atoms with Crippen LogP contribution in [0.2, 0.25) is 0 Å². The first-order valence-corrected chi connectivity index (χ1v) is 7.78. The number of nitrogens with zero attached hydrogens (tertiary/aromatic N) is 3. The molecule has 1 aliphatic rings. The Morgan fingerprint density at radius 1 is 1.39 bits per heavy atom. The van der Waals surface area contributed by atoms with E-state index >= 15 is 0 Å². The van der Waals surface area contributed by atoms with Gasteiger partial charge in [0.15, 0.2) is 0 Å². The van der Waals surface area contributed by atoms with Gasteiger partial charge in [-0.3, -0.25) is 9.48 Å². The van der Waals surface area contributed by atoms with Gasteiger partial charge in [-0.25, -0.2) is 4.98 Å². The monoisotopic (exact) mass is 315 g/mol. The van der Waals surface area contributed by atoms with E-state index in [-0.39, 0.29) is 12.5 Å². The molecule has 1 saturated carbocycles. The minimum Gasteiger partial charge on any atom is -0.481 e. The van der Waals surface area contributed by atoms with Gasteiger partial charge < -0.3 is 10.2 Å². The molecule has 6 heteroatoms. The number of carboxylic acid groups (broad SMARTS) is 1. The summed E-state index contributed by atoms with van der Waals surface area (Å²) in [4.78, 5) is 15.8. The molecule has 1 heterocycles. The van der Waals surface area contributed by atoms with Gasteiger partial charge in [0.05, 0.1) is 12.0 Å². The third kappa shape index (κ3) is 2.63. The van der Waals surface area contributed by atoms with Crippen LogP contribution in [0.15, 0.2) is 43.0 Å². The lowest BCUT2D eigenvalue weighted by Gasteiger charge is -2.40. The third-order valence-electron chi connectivity index (χ3n) is 5.29. The molecule has 2 N–H and O–H groups in total. The van der Waals surface area contributed by atoms with Crippen molar-refractivity contribution in [3.8, 4) is 0 Å². The highest BCUT2D eigenvalue weighted by molar-refractivity contribution is 5.76. The van der Waals surface area contributed by atoms with Crippen LogP contribution in [0.1, 0.15) is 25.3 Å². The van der Waals surface area contributed by atoms with Crippen LogP contribution in [0, 0.1) is 11.3 Å². The number of hydrogen-bond donors (Lipinski definition) is 2. The van der Waals surface area contributed by atoms with Crippen molar-refractivity contribution >= 4 is 5.97 Å². The molecule has 0 amide bonds. The number of hydrogen-bond acceptors (Lipinski definition) is 4. The number of benzene rings is 1. The highest BCUT2D eigenvalue weighted by Gasteiger charge is 2.61. The van der Waals surface area contributed by atoms with Crippen LogP contribution in [-0.4, -0.2) is 36.5 Å². The molecule has 1 aromatic carbocycles. The number of aliphatic hydroxyl groups is 1. The van der Waals surface area contributed by atoms with Gasteiger partial charge in [0, 0.05) is 0 Å². The predicted molar refractivity (Wildman–Crippen MR) is 83.6 cm³/mol. The largest absolute Gasteiger partial charge is 0.481 e. The molecule has 3 atom stereocenters. The minimum absolute atomic E-state index is 0.132. The van der Waals surface area contributed by atoms with Crippen LogP contribution >= 0.6 is 0 Å². The average molecular weight is 315 g/mol. The average Bonchev–Trinajstić information content (AvgIpc) is 3.11. The normalized spacial score (nSPS) is 30.4. The van der Waals surface area contributed by atoms with Crippen LogP contribution in [-0.2, 0) is 17.8 Å². The molecular formula is C17H21N3O3. The van der Waals surface area contributed by atoms with E-state index in [1.54, 1.807) is 6.92 Å². The number of aromatic nitrogens is 3. The van der Waals surface area contributed by atoms with Crippen LogP contribution in [0.5, 0.6) is 0 Å². The van der Waals surface area contributed by atoms with E-state index in [1.165, 1.54) is 17.3 Å². The molecule has 0 bridgehead atoms. The lowest BCUT2D eigenvalue weighted by atomic mass is 9.71. The molecule has 0 spiro atoms. The molecule has 122 valence electrons. The fraction of sp³-hybridized carbons (Fsp3) is 0.471. The third-order valence-corrected chi connectivity index (χ3v) is 5.29. The zero-order chi connectivity index (χ0) is 16.5. The molecule has 2 aromatic rings. The summed E-state index contributed by atoms with van der Waals surface area (Å²) in [5.41, 5.74) is -1.47. The zero-order valence-corrected chi connectivity index (χ0v) is 13.1. The van der Waals surface area contributed by atoms with Gasteiger partial charge in [0.1, 0.15) is 18.3 Å². The summed E-state index contributed by atoms with van der Waals surface area (Å²) in [7, 11) is 0. The summed E-state index contributed by atoms with van der Waals surface area (Å²) in [5.74, 6) is -1.11. The molecule has 0 radical (unpaired) electrons. The highest BCUT2D eigenvalue weighted by Crippen LogP contribution is 2.52. The first kappa shape index (κ1) is 15.7. The van der Waals surface area contributed by atoms with Crippen molar-refractivity contribution in [3.63, 3.8) is 0 Å². The maximum Gasteiger partial charge on any atom is 0.312 e. The van der Waals surface area contributed by atoms with E-state index in [9.17, 15) is 15.0 Å². The summed E-state index contributed by atoms with van der Waals surface area (Å²) in [6, 6.07) is 9.87. The fourth-order valence-corrected chi connectivity index (χ4v) is 3.70. The second-order valence-corrected chi connectivity index (χ2v) is 6.58. The first-order valence-electron chi connectivity index (χ1n) is 7.78. The predicted octanol–water partition coefficient (Wildman–Crippen LogP) is 1.75. The summed E-state index contributed by atoms with van der Waals surface area (Å²) >= 11 is 0. The van der Waals surface area contributed by atoms with Crippen molar-refractivity contribution in [2.24, 2.45) is 11.3 Å². The Bertz CT molecular complexity index is 674. The summed E-state index contributed by atoms with van der Waals surface area (Å²) in [6.07, 6.45) is 4.67. The lowest BCUT2D eigenvalue weighted by Crippen LogP contribution is -2.54. The Hall–Kier alpha value is -2.21. The number of carboxylic acids is 1. The topological polar surface area (TPSA) is 88.2 Å². The Balaban J connectivity index is 1.93. The summed E-state index contributed by atoms with van der Waals surface area (Å²) < 4.78 is 1.52. The van der Waals surface area contributed by atoms with E-state index in [1.807, 2.05) is 30.3 Å². The van der Waals surface area contributed by atoms with Crippen LogP contribution in [0.3, 0.4) is 0 Å². The summed E-state index contributed by atoms with van der Waals surface area (Å²) in [5, 5.41) is 25.2. The Labute approximate surface area is 134 Å².